The summed E-state index contributed by atoms with van der Waals surface area (Å²) in [5.41, 5.74) is 1.81. The van der Waals surface area contributed by atoms with E-state index < -0.39 is 10.0 Å². The zero-order chi connectivity index (χ0) is 17.0. The van der Waals surface area contributed by atoms with Crippen LogP contribution in [0.1, 0.15) is 36.6 Å². The summed E-state index contributed by atoms with van der Waals surface area (Å²) in [6.07, 6.45) is 4.09. The van der Waals surface area contributed by atoms with Crippen molar-refractivity contribution in [1.82, 2.24) is 14.2 Å². The van der Waals surface area contributed by atoms with Gasteiger partial charge in [-0.3, -0.25) is 9.78 Å². The van der Waals surface area contributed by atoms with Gasteiger partial charge in [-0.25, -0.2) is 12.7 Å². The number of aryl methyl sites for hydroxylation is 1. The molecule has 6 nitrogen and oxygen atoms in total. The molecule has 0 radical (unpaired) electrons. The van der Waals surface area contributed by atoms with Gasteiger partial charge in [-0.1, -0.05) is 6.07 Å². The van der Waals surface area contributed by atoms with Gasteiger partial charge in [0.05, 0.1) is 6.26 Å². The maximum absolute atomic E-state index is 11.7. The van der Waals surface area contributed by atoms with E-state index in [1.807, 2.05) is 18.2 Å². The van der Waals surface area contributed by atoms with Crippen LogP contribution in [0.25, 0.3) is 0 Å². The van der Waals surface area contributed by atoms with Gasteiger partial charge in [0.2, 0.25) is 15.9 Å². The Kier molecular flexibility index (Phi) is 5.75. The normalized spacial score (nSPS) is 19.5. The number of pyridine rings is 1. The number of piperidine rings is 1. The molecule has 0 N–H and O–H groups in total. The van der Waals surface area contributed by atoms with Crippen LogP contribution in [0.3, 0.4) is 0 Å². The molecular formula is C16H25N3O3S. The molecule has 7 heteroatoms. The van der Waals surface area contributed by atoms with E-state index in [0.717, 1.165) is 24.2 Å². The molecule has 1 fully saturated rings. The maximum Gasteiger partial charge on any atom is 0.222 e. The lowest BCUT2D eigenvalue weighted by Gasteiger charge is -2.30. The SMILES string of the molecule is CN(C)C(=O)CCc1cccc(C2CCCN(S(C)(=O)=O)C2)n1. The highest BCUT2D eigenvalue weighted by atomic mass is 32.2. The molecule has 1 aromatic rings. The van der Waals surface area contributed by atoms with Crippen molar-refractivity contribution in [3.63, 3.8) is 0 Å². The van der Waals surface area contributed by atoms with Crippen LogP contribution in [-0.4, -0.2) is 62.0 Å². The van der Waals surface area contributed by atoms with Crippen LogP contribution < -0.4 is 0 Å². The highest BCUT2D eigenvalue weighted by Crippen LogP contribution is 2.27. The van der Waals surface area contributed by atoms with Crippen LogP contribution in [0.4, 0.5) is 0 Å². The molecule has 1 aliphatic rings. The first-order valence-corrected chi connectivity index (χ1v) is 9.73. The second kappa shape index (κ2) is 7.40. The zero-order valence-corrected chi connectivity index (χ0v) is 14.8. The number of nitrogens with zero attached hydrogens (tertiary/aromatic N) is 3. The minimum absolute atomic E-state index is 0.0816. The van der Waals surface area contributed by atoms with Crippen molar-refractivity contribution >= 4 is 15.9 Å². The zero-order valence-electron chi connectivity index (χ0n) is 14.0. The molecule has 1 aliphatic heterocycles. The van der Waals surface area contributed by atoms with Gasteiger partial charge < -0.3 is 4.90 Å². The second-order valence-corrected chi connectivity index (χ2v) is 8.28. The first-order valence-electron chi connectivity index (χ1n) is 7.88. The number of carbonyl (C=O) groups excluding carboxylic acids is 1. The van der Waals surface area contributed by atoms with Crippen molar-refractivity contribution in [1.29, 1.82) is 0 Å². The number of carbonyl (C=O) groups is 1. The van der Waals surface area contributed by atoms with E-state index in [4.69, 9.17) is 0 Å². The summed E-state index contributed by atoms with van der Waals surface area (Å²) < 4.78 is 25.0. The average molecular weight is 339 g/mol. The Hall–Kier alpha value is -1.47. The lowest BCUT2D eigenvalue weighted by Crippen LogP contribution is -2.38. The molecule has 1 aromatic heterocycles. The van der Waals surface area contributed by atoms with E-state index in [2.05, 4.69) is 4.98 Å². The molecule has 2 rings (SSSR count). The summed E-state index contributed by atoms with van der Waals surface area (Å²) in [4.78, 5) is 17.9. The van der Waals surface area contributed by atoms with Gasteiger partial charge in [-0.15, -0.1) is 0 Å². The summed E-state index contributed by atoms with van der Waals surface area (Å²) in [6.45, 7) is 1.08. The van der Waals surface area contributed by atoms with Crippen LogP contribution in [0.2, 0.25) is 0 Å². The van der Waals surface area contributed by atoms with Gasteiger partial charge in [0, 0.05) is 50.9 Å². The quantitative estimate of drug-likeness (QED) is 0.809. The van der Waals surface area contributed by atoms with Crippen LogP contribution in [-0.2, 0) is 21.2 Å². The fourth-order valence-electron chi connectivity index (χ4n) is 2.81. The molecule has 2 heterocycles. The fraction of sp³-hybridized carbons (Fsp3) is 0.625. The number of hydrogen-bond donors (Lipinski definition) is 0. The van der Waals surface area contributed by atoms with Crippen LogP contribution in [0.5, 0.6) is 0 Å². The fourth-order valence-corrected chi connectivity index (χ4v) is 3.72. The number of rotatable bonds is 5. The summed E-state index contributed by atoms with van der Waals surface area (Å²) >= 11 is 0. The molecule has 0 saturated carbocycles. The van der Waals surface area contributed by atoms with Gasteiger partial charge in [-0.05, 0) is 31.4 Å². The van der Waals surface area contributed by atoms with Crippen LogP contribution in [0.15, 0.2) is 18.2 Å². The topological polar surface area (TPSA) is 70.6 Å². The molecule has 0 aliphatic carbocycles. The number of hydrogen-bond acceptors (Lipinski definition) is 4. The molecule has 1 saturated heterocycles. The Bertz CT molecular complexity index is 658. The van der Waals surface area contributed by atoms with Gasteiger partial charge in [0.15, 0.2) is 0 Å². The van der Waals surface area contributed by atoms with Gasteiger partial charge in [-0.2, -0.15) is 0 Å². The molecule has 0 aromatic carbocycles. The first-order chi connectivity index (χ1) is 10.8. The molecule has 23 heavy (non-hydrogen) atoms. The van der Waals surface area contributed by atoms with Crippen LogP contribution in [0, 0.1) is 0 Å². The molecular weight excluding hydrogens is 314 g/mol. The third kappa shape index (κ3) is 5.00. The van der Waals surface area contributed by atoms with Crippen molar-refractivity contribution in [2.45, 2.75) is 31.6 Å². The standard InChI is InChI=1S/C16H25N3O3S/c1-18(2)16(20)10-9-14-7-4-8-15(17-14)13-6-5-11-19(12-13)23(3,21)22/h4,7-8,13H,5-6,9-12H2,1-3H3. The largest absolute Gasteiger partial charge is 0.349 e. The van der Waals surface area contributed by atoms with Gasteiger partial charge >= 0.3 is 0 Å². The van der Waals surface area contributed by atoms with E-state index in [1.165, 1.54) is 10.6 Å². The molecule has 1 atom stereocenters. The van der Waals surface area contributed by atoms with Gasteiger partial charge in [0.1, 0.15) is 0 Å². The third-order valence-corrected chi connectivity index (χ3v) is 5.46. The van der Waals surface area contributed by atoms with Crippen molar-refractivity contribution in [3.8, 4) is 0 Å². The van der Waals surface area contributed by atoms with E-state index in [-0.39, 0.29) is 11.8 Å². The van der Waals surface area contributed by atoms with E-state index in [1.54, 1.807) is 19.0 Å². The second-order valence-electron chi connectivity index (χ2n) is 6.30. The minimum Gasteiger partial charge on any atom is -0.349 e. The number of amides is 1. The molecule has 0 spiro atoms. The number of aromatic nitrogens is 1. The Morgan fingerprint density at radius 2 is 2.13 bits per heavy atom. The minimum atomic E-state index is -3.15. The lowest BCUT2D eigenvalue weighted by molar-refractivity contribution is -0.128. The molecule has 0 bridgehead atoms. The Morgan fingerprint density at radius 3 is 2.78 bits per heavy atom. The highest BCUT2D eigenvalue weighted by Gasteiger charge is 2.27. The predicted molar refractivity (Wildman–Crippen MR) is 89.6 cm³/mol. The van der Waals surface area contributed by atoms with E-state index in [0.29, 0.717) is 25.9 Å². The Morgan fingerprint density at radius 1 is 1.39 bits per heavy atom. The maximum atomic E-state index is 11.7. The lowest BCUT2D eigenvalue weighted by atomic mass is 9.95. The van der Waals surface area contributed by atoms with Crippen molar-refractivity contribution < 1.29 is 13.2 Å². The van der Waals surface area contributed by atoms with Gasteiger partial charge in [0.25, 0.3) is 0 Å². The average Bonchev–Trinajstić information content (AvgIpc) is 2.52. The Labute approximate surface area is 138 Å². The first kappa shape index (κ1) is 17.9. The highest BCUT2D eigenvalue weighted by molar-refractivity contribution is 7.88. The molecule has 1 unspecified atom stereocenters. The summed E-state index contributed by atoms with van der Waals surface area (Å²) in [7, 11) is 0.336. The number of sulfonamides is 1. The van der Waals surface area contributed by atoms with E-state index in [9.17, 15) is 13.2 Å². The molecule has 1 amide bonds. The summed E-state index contributed by atoms with van der Waals surface area (Å²) in [5.74, 6) is 0.209. The van der Waals surface area contributed by atoms with E-state index >= 15 is 0 Å². The summed E-state index contributed by atoms with van der Waals surface area (Å²) in [6, 6.07) is 5.81. The van der Waals surface area contributed by atoms with Crippen molar-refractivity contribution in [2.24, 2.45) is 0 Å². The van der Waals surface area contributed by atoms with Crippen molar-refractivity contribution in [3.05, 3.63) is 29.6 Å². The van der Waals surface area contributed by atoms with Crippen LogP contribution >= 0.6 is 0 Å². The Balaban J connectivity index is 2.05. The summed E-state index contributed by atoms with van der Waals surface area (Å²) in [5, 5.41) is 0. The predicted octanol–water partition coefficient (Wildman–Crippen LogP) is 1.24. The molecule has 128 valence electrons. The van der Waals surface area contributed by atoms with Crippen molar-refractivity contribution in [2.75, 3.05) is 33.4 Å². The smallest absolute Gasteiger partial charge is 0.222 e. The third-order valence-electron chi connectivity index (χ3n) is 4.19. The monoisotopic (exact) mass is 339 g/mol.